The molecule has 0 spiro atoms. The highest BCUT2D eigenvalue weighted by atomic mass is 32.2. The first-order valence-electron chi connectivity index (χ1n) is 10.6. The maximum absolute atomic E-state index is 12.3. The Labute approximate surface area is 187 Å². The lowest BCUT2D eigenvalue weighted by Gasteiger charge is -2.22. The van der Waals surface area contributed by atoms with E-state index in [4.69, 9.17) is 4.74 Å². The van der Waals surface area contributed by atoms with Gasteiger partial charge in [-0.2, -0.15) is 4.72 Å². The number of carbonyl (C=O) groups is 1. The number of piperidine rings is 1. The van der Waals surface area contributed by atoms with E-state index in [1.54, 1.807) is 35.7 Å². The summed E-state index contributed by atoms with van der Waals surface area (Å²) in [6, 6.07) is 8.98. The number of ether oxygens (including phenoxy) is 1. The number of carboxylic acids is 1. The molecule has 2 aromatic rings. The molecule has 0 amide bonds. The molecule has 1 aromatic carbocycles. The molecule has 1 atom stereocenters. The third-order valence-corrected chi connectivity index (χ3v) is 8.32. The average molecular weight is 467 g/mol. The predicted octanol–water partition coefficient (Wildman–Crippen LogP) is 3.27. The Morgan fingerprint density at radius 3 is 2.58 bits per heavy atom. The number of aliphatic carboxylic acids is 1. The normalized spacial score (nSPS) is 16.1. The van der Waals surface area contributed by atoms with Crippen molar-refractivity contribution in [1.82, 2.24) is 10.0 Å². The van der Waals surface area contributed by atoms with Gasteiger partial charge >= 0.3 is 5.97 Å². The summed E-state index contributed by atoms with van der Waals surface area (Å²) in [5.74, 6) is 0.353. The largest absolute Gasteiger partial charge is 0.494 e. The Balaban J connectivity index is 1.44. The second-order valence-corrected chi connectivity index (χ2v) is 10.7. The van der Waals surface area contributed by atoms with Crippen LogP contribution >= 0.6 is 11.3 Å². The zero-order valence-corrected chi connectivity index (χ0v) is 19.1. The lowest BCUT2D eigenvalue weighted by Crippen LogP contribution is -2.42. The minimum atomic E-state index is -3.86. The molecule has 3 rings (SSSR count). The number of unbranched alkanes of at least 4 members (excludes halogenated alkanes) is 1. The van der Waals surface area contributed by atoms with Crippen molar-refractivity contribution >= 4 is 27.3 Å². The molecular weight excluding hydrogens is 436 g/mol. The van der Waals surface area contributed by atoms with Crippen molar-refractivity contribution in [2.24, 2.45) is 5.92 Å². The van der Waals surface area contributed by atoms with Crippen LogP contribution in [0.4, 0.5) is 0 Å². The molecule has 1 aliphatic rings. The molecule has 7 nitrogen and oxygen atoms in total. The standard InChI is InChI=1S/C22H30N2O5S2/c25-22(26)20(24-31(27,28)21-5-3-15-30-21)16-18-6-8-19(9-7-18)29-14-2-1-4-17-10-12-23-13-11-17/h3,5-9,15,17,20,23-24H,1-2,4,10-14,16H2,(H,25,26)/t20-/m0/s1. The van der Waals surface area contributed by atoms with E-state index < -0.39 is 22.0 Å². The first-order chi connectivity index (χ1) is 14.9. The van der Waals surface area contributed by atoms with E-state index in [0.717, 1.165) is 54.5 Å². The second kappa shape index (κ2) is 11.6. The zero-order valence-electron chi connectivity index (χ0n) is 17.5. The number of carboxylic acid groups (broad SMARTS) is 1. The van der Waals surface area contributed by atoms with Crippen LogP contribution in [-0.4, -0.2) is 45.2 Å². The molecular formula is C22H30N2O5S2. The summed E-state index contributed by atoms with van der Waals surface area (Å²) in [5, 5.41) is 14.5. The van der Waals surface area contributed by atoms with Gasteiger partial charge in [0.15, 0.2) is 0 Å². The van der Waals surface area contributed by atoms with Crippen LogP contribution in [0.5, 0.6) is 5.75 Å². The Hall–Kier alpha value is -1.94. The van der Waals surface area contributed by atoms with Crippen molar-refractivity contribution in [3.63, 3.8) is 0 Å². The number of rotatable bonds is 12. The number of thiophene rings is 1. The van der Waals surface area contributed by atoms with Crippen molar-refractivity contribution in [3.8, 4) is 5.75 Å². The molecule has 1 aliphatic heterocycles. The molecule has 0 unspecified atom stereocenters. The number of sulfonamides is 1. The molecule has 0 saturated carbocycles. The summed E-state index contributed by atoms with van der Waals surface area (Å²) in [6.07, 6.45) is 6.01. The summed E-state index contributed by atoms with van der Waals surface area (Å²) < 4.78 is 32.9. The fraction of sp³-hybridized carbons (Fsp3) is 0.500. The number of hydrogen-bond acceptors (Lipinski definition) is 6. The Morgan fingerprint density at radius 1 is 1.19 bits per heavy atom. The molecule has 9 heteroatoms. The topological polar surface area (TPSA) is 105 Å². The molecule has 1 saturated heterocycles. The zero-order chi connectivity index (χ0) is 22.1. The van der Waals surface area contributed by atoms with E-state index in [1.807, 2.05) is 0 Å². The molecule has 0 radical (unpaired) electrons. The van der Waals surface area contributed by atoms with Crippen molar-refractivity contribution in [1.29, 1.82) is 0 Å². The summed E-state index contributed by atoms with van der Waals surface area (Å²) in [5.41, 5.74) is 0.722. The van der Waals surface area contributed by atoms with E-state index in [-0.39, 0.29) is 10.6 Å². The molecule has 170 valence electrons. The quantitative estimate of drug-likeness (QED) is 0.415. The molecule has 0 aliphatic carbocycles. The minimum absolute atomic E-state index is 0.0520. The van der Waals surface area contributed by atoms with E-state index in [1.165, 1.54) is 25.3 Å². The first kappa shape index (κ1) is 23.7. The maximum Gasteiger partial charge on any atom is 0.322 e. The molecule has 3 N–H and O–H groups in total. The van der Waals surface area contributed by atoms with Gasteiger partial charge in [-0.15, -0.1) is 11.3 Å². The highest BCUT2D eigenvalue weighted by Crippen LogP contribution is 2.20. The van der Waals surface area contributed by atoms with Gasteiger partial charge in [0.25, 0.3) is 10.0 Å². The van der Waals surface area contributed by atoms with E-state index in [0.29, 0.717) is 6.61 Å². The van der Waals surface area contributed by atoms with Crippen LogP contribution in [0.2, 0.25) is 0 Å². The number of benzene rings is 1. The summed E-state index contributed by atoms with van der Waals surface area (Å²) in [4.78, 5) is 11.6. The molecule has 2 heterocycles. The van der Waals surface area contributed by atoms with Gasteiger partial charge in [-0.25, -0.2) is 8.42 Å². The van der Waals surface area contributed by atoms with E-state index >= 15 is 0 Å². The summed E-state index contributed by atoms with van der Waals surface area (Å²) in [7, 11) is -3.86. The Morgan fingerprint density at radius 2 is 1.94 bits per heavy atom. The van der Waals surface area contributed by atoms with Gasteiger partial charge in [-0.3, -0.25) is 4.79 Å². The van der Waals surface area contributed by atoms with Crippen LogP contribution in [0, 0.1) is 5.92 Å². The third kappa shape index (κ3) is 7.60. The molecule has 31 heavy (non-hydrogen) atoms. The van der Waals surface area contributed by atoms with Crippen LogP contribution in [-0.2, 0) is 21.2 Å². The molecule has 1 fully saturated rings. The Kier molecular flexibility index (Phi) is 8.89. The fourth-order valence-corrected chi connectivity index (χ4v) is 5.89. The highest BCUT2D eigenvalue weighted by Gasteiger charge is 2.26. The summed E-state index contributed by atoms with van der Waals surface area (Å²) in [6.45, 7) is 2.92. The van der Waals surface area contributed by atoms with Crippen molar-refractivity contribution < 1.29 is 23.1 Å². The van der Waals surface area contributed by atoms with Crippen LogP contribution in [0.1, 0.15) is 37.7 Å². The lowest BCUT2D eigenvalue weighted by molar-refractivity contribution is -0.138. The first-order valence-corrected chi connectivity index (χ1v) is 13.0. The highest BCUT2D eigenvalue weighted by molar-refractivity contribution is 7.91. The maximum atomic E-state index is 12.3. The van der Waals surface area contributed by atoms with E-state index in [2.05, 4.69) is 10.0 Å². The van der Waals surface area contributed by atoms with Gasteiger partial charge in [0.1, 0.15) is 16.0 Å². The molecule has 1 aromatic heterocycles. The van der Waals surface area contributed by atoms with Gasteiger partial charge in [0.05, 0.1) is 6.61 Å². The van der Waals surface area contributed by atoms with Crippen LogP contribution in [0.3, 0.4) is 0 Å². The monoisotopic (exact) mass is 466 g/mol. The van der Waals surface area contributed by atoms with Crippen LogP contribution in [0.25, 0.3) is 0 Å². The second-order valence-electron chi connectivity index (χ2n) is 7.83. The third-order valence-electron chi connectivity index (χ3n) is 5.45. The number of hydrogen-bond donors (Lipinski definition) is 3. The van der Waals surface area contributed by atoms with Gasteiger partial charge in [-0.05, 0) is 80.3 Å². The van der Waals surface area contributed by atoms with Crippen LogP contribution < -0.4 is 14.8 Å². The van der Waals surface area contributed by atoms with Crippen LogP contribution in [0.15, 0.2) is 46.0 Å². The predicted molar refractivity (Wildman–Crippen MR) is 121 cm³/mol. The smallest absolute Gasteiger partial charge is 0.322 e. The van der Waals surface area contributed by atoms with Gasteiger partial charge in [0, 0.05) is 0 Å². The van der Waals surface area contributed by atoms with Crippen molar-refractivity contribution in [2.75, 3.05) is 19.7 Å². The minimum Gasteiger partial charge on any atom is -0.494 e. The molecule has 0 bridgehead atoms. The fourth-order valence-electron chi connectivity index (χ4n) is 3.69. The van der Waals surface area contributed by atoms with Crippen molar-refractivity contribution in [3.05, 3.63) is 47.3 Å². The lowest BCUT2D eigenvalue weighted by atomic mass is 9.93. The van der Waals surface area contributed by atoms with Gasteiger partial charge < -0.3 is 15.2 Å². The SMILES string of the molecule is O=C(O)[C@H](Cc1ccc(OCCCCC2CCNCC2)cc1)NS(=O)(=O)c1cccs1. The van der Waals surface area contributed by atoms with Gasteiger partial charge in [-0.1, -0.05) is 24.6 Å². The Bertz CT molecular complexity index is 908. The van der Waals surface area contributed by atoms with E-state index in [9.17, 15) is 18.3 Å². The number of nitrogens with one attached hydrogen (secondary N) is 2. The van der Waals surface area contributed by atoms with Crippen molar-refractivity contribution in [2.45, 2.75) is 48.8 Å². The summed E-state index contributed by atoms with van der Waals surface area (Å²) >= 11 is 1.05. The average Bonchev–Trinajstić information content (AvgIpc) is 3.31. The van der Waals surface area contributed by atoms with Gasteiger partial charge in [0.2, 0.25) is 0 Å².